The second kappa shape index (κ2) is 1.40. The van der Waals surface area contributed by atoms with E-state index in [0.717, 1.165) is 0 Å². The smallest absolute Gasteiger partial charge is 0.293 e. The Morgan fingerprint density at radius 2 is 2.25 bits per heavy atom. The first-order valence-electron chi connectivity index (χ1n) is 2.14. The summed E-state index contributed by atoms with van der Waals surface area (Å²) >= 11 is 0. The number of carbonyl (C=O) groups is 1. The quantitative estimate of drug-likeness (QED) is 0.500. The first kappa shape index (κ1) is 5.47. The van der Waals surface area contributed by atoms with E-state index in [-0.39, 0.29) is 12.9 Å². The van der Waals surface area contributed by atoms with E-state index in [4.69, 9.17) is 0 Å². The van der Waals surface area contributed by atoms with Crippen molar-refractivity contribution in [2.24, 2.45) is 0 Å². The van der Waals surface area contributed by atoms with E-state index in [2.05, 4.69) is 4.74 Å². The molecule has 1 aliphatic rings. The summed E-state index contributed by atoms with van der Waals surface area (Å²) in [6.07, 6.45) is -1.45. The standard InChI is InChI=1S/C4H4F2O2/c5-4(6)1-3(4)8-2-7/h2-3H,1H2/t3-/m0/s1. The predicted molar refractivity (Wildman–Crippen MR) is 20.5 cm³/mol. The van der Waals surface area contributed by atoms with Gasteiger partial charge in [-0.15, -0.1) is 0 Å². The molecule has 46 valence electrons. The van der Waals surface area contributed by atoms with Crippen LogP contribution >= 0.6 is 0 Å². The van der Waals surface area contributed by atoms with Gasteiger partial charge in [-0.1, -0.05) is 0 Å². The maximum absolute atomic E-state index is 11.7. The van der Waals surface area contributed by atoms with Crippen molar-refractivity contribution >= 4 is 6.47 Å². The van der Waals surface area contributed by atoms with E-state index in [1.165, 1.54) is 0 Å². The Hall–Kier alpha value is -0.670. The van der Waals surface area contributed by atoms with Gasteiger partial charge in [-0.2, -0.15) is 0 Å². The number of carbonyl (C=O) groups excluding carboxylic acids is 1. The largest absolute Gasteiger partial charge is 0.458 e. The average molecular weight is 122 g/mol. The average Bonchev–Trinajstić information content (AvgIpc) is 2.15. The topological polar surface area (TPSA) is 26.3 Å². The predicted octanol–water partition coefficient (Wildman–Crippen LogP) is 0.567. The number of ether oxygens (including phenoxy) is 1. The lowest BCUT2D eigenvalue weighted by Crippen LogP contribution is -2.01. The van der Waals surface area contributed by atoms with E-state index in [9.17, 15) is 13.6 Å². The van der Waals surface area contributed by atoms with Crippen molar-refractivity contribution in [3.05, 3.63) is 0 Å². The second-order valence-corrected chi connectivity index (χ2v) is 1.69. The van der Waals surface area contributed by atoms with Gasteiger partial charge in [0, 0.05) is 0 Å². The minimum atomic E-state index is -2.74. The zero-order valence-corrected chi connectivity index (χ0v) is 3.93. The van der Waals surface area contributed by atoms with Crippen LogP contribution in [0.25, 0.3) is 0 Å². The molecule has 1 rings (SSSR count). The maximum Gasteiger partial charge on any atom is 0.293 e. The molecule has 1 aliphatic carbocycles. The third-order valence-corrected chi connectivity index (χ3v) is 0.988. The summed E-state index contributed by atoms with van der Waals surface area (Å²) in [5, 5.41) is 0. The molecule has 0 spiro atoms. The van der Waals surface area contributed by atoms with E-state index in [0.29, 0.717) is 0 Å². The van der Waals surface area contributed by atoms with Crippen LogP contribution in [-0.2, 0) is 9.53 Å². The third kappa shape index (κ3) is 0.778. The molecule has 4 heteroatoms. The Kier molecular flexibility index (Phi) is 0.957. The van der Waals surface area contributed by atoms with Crippen LogP contribution in [0.15, 0.2) is 0 Å². The minimum absolute atomic E-state index is 0.0472. The van der Waals surface area contributed by atoms with E-state index in [1.54, 1.807) is 0 Å². The Balaban J connectivity index is 2.26. The van der Waals surface area contributed by atoms with Gasteiger partial charge >= 0.3 is 0 Å². The molecule has 1 saturated carbocycles. The minimum Gasteiger partial charge on any atom is -0.458 e. The fraction of sp³-hybridized carbons (Fsp3) is 0.750. The van der Waals surface area contributed by atoms with Crippen LogP contribution in [-0.4, -0.2) is 18.5 Å². The van der Waals surface area contributed by atoms with Crippen LogP contribution < -0.4 is 0 Å². The first-order valence-corrected chi connectivity index (χ1v) is 2.14. The molecule has 0 heterocycles. The van der Waals surface area contributed by atoms with Crippen molar-refractivity contribution < 1.29 is 18.3 Å². The molecule has 0 amide bonds. The number of rotatable bonds is 2. The van der Waals surface area contributed by atoms with Gasteiger partial charge in [0.15, 0.2) is 6.10 Å². The molecule has 1 atom stereocenters. The first-order chi connectivity index (χ1) is 3.67. The highest BCUT2D eigenvalue weighted by molar-refractivity contribution is 5.38. The molecule has 2 nitrogen and oxygen atoms in total. The molecule has 0 unspecified atom stereocenters. The van der Waals surface area contributed by atoms with Crippen molar-refractivity contribution in [1.82, 2.24) is 0 Å². The van der Waals surface area contributed by atoms with Crippen LogP contribution in [0.3, 0.4) is 0 Å². The lowest BCUT2D eigenvalue weighted by molar-refractivity contribution is -0.133. The van der Waals surface area contributed by atoms with E-state index >= 15 is 0 Å². The fourth-order valence-electron chi connectivity index (χ4n) is 0.403. The Bertz CT molecular complexity index is 113. The number of halogens is 2. The van der Waals surface area contributed by atoms with Crippen LogP contribution in [0.2, 0.25) is 0 Å². The van der Waals surface area contributed by atoms with E-state index < -0.39 is 12.0 Å². The molecule has 0 aromatic carbocycles. The van der Waals surface area contributed by atoms with Gasteiger partial charge < -0.3 is 4.74 Å². The molecule has 0 saturated heterocycles. The zero-order valence-electron chi connectivity index (χ0n) is 3.93. The monoisotopic (exact) mass is 122 g/mol. The van der Waals surface area contributed by atoms with Crippen molar-refractivity contribution in [2.45, 2.75) is 18.4 Å². The molecule has 8 heavy (non-hydrogen) atoms. The number of hydrogen-bond donors (Lipinski definition) is 0. The van der Waals surface area contributed by atoms with Gasteiger partial charge in [-0.3, -0.25) is 4.79 Å². The zero-order chi connectivity index (χ0) is 6.20. The summed E-state index contributed by atoms with van der Waals surface area (Å²) in [4.78, 5) is 9.39. The van der Waals surface area contributed by atoms with Crippen molar-refractivity contribution in [3.63, 3.8) is 0 Å². The Labute approximate surface area is 44.4 Å². The fourth-order valence-corrected chi connectivity index (χ4v) is 0.403. The van der Waals surface area contributed by atoms with Crippen LogP contribution in [0.4, 0.5) is 8.78 Å². The molecule has 0 N–H and O–H groups in total. The third-order valence-electron chi connectivity index (χ3n) is 0.988. The number of hydrogen-bond acceptors (Lipinski definition) is 2. The second-order valence-electron chi connectivity index (χ2n) is 1.69. The molecular weight excluding hydrogens is 118 g/mol. The van der Waals surface area contributed by atoms with Gasteiger partial charge in [-0.25, -0.2) is 8.78 Å². The van der Waals surface area contributed by atoms with Gasteiger partial charge in [-0.05, 0) is 0 Å². The van der Waals surface area contributed by atoms with Crippen molar-refractivity contribution in [3.8, 4) is 0 Å². The summed E-state index contributed by atoms with van der Waals surface area (Å²) in [5.74, 6) is -2.74. The highest BCUT2D eigenvalue weighted by atomic mass is 19.3. The molecule has 0 aliphatic heterocycles. The molecule has 0 aromatic rings. The SMILES string of the molecule is O=CO[C@H]1CC1(F)F. The van der Waals surface area contributed by atoms with Gasteiger partial charge in [0.2, 0.25) is 0 Å². The van der Waals surface area contributed by atoms with Gasteiger partial charge in [0.25, 0.3) is 12.4 Å². The van der Waals surface area contributed by atoms with Crippen LogP contribution in [0.5, 0.6) is 0 Å². The van der Waals surface area contributed by atoms with Gasteiger partial charge in [0.1, 0.15) is 0 Å². The normalized spacial score (nSPS) is 31.5. The summed E-state index contributed by atoms with van der Waals surface area (Å²) < 4.78 is 27.3. The van der Waals surface area contributed by atoms with Gasteiger partial charge in [0.05, 0.1) is 6.42 Å². The molecule has 0 aromatic heterocycles. The molecular formula is C4H4F2O2. The summed E-state index contributed by atoms with van der Waals surface area (Å²) in [6, 6.07) is 0. The van der Waals surface area contributed by atoms with Crippen molar-refractivity contribution in [2.75, 3.05) is 0 Å². The summed E-state index contributed by atoms with van der Waals surface area (Å²) in [5.41, 5.74) is 0. The highest BCUT2D eigenvalue weighted by Crippen LogP contribution is 2.43. The highest BCUT2D eigenvalue weighted by Gasteiger charge is 2.59. The Morgan fingerprint density at radius 3 is 2.38 bits per heavy atom. The van der Waals surface area contributed by atoms with Crippen LogP contribution in [0, 0.1) is 0 Å². The molecule has 0 bridgehead atoms. The lowest BCUT2D eigenvalue weighted by Gasteiger charge is -1.90. The summed E-state index contributed by atoms with van der Waals surface area (Å²) in [6.45, 7) is 0.0472. The van der Waals surface area contributed by atoms with E-state index in [1.807, 2.05) is 0 Å². The molecule has 0 radical (unpaired) electrons. The van der Waals surface area contributed by atoms with Crippen LogP contribution in [0.1, 0.15) is 6.42 Å². The Morgan fingerprint density at radius 1 is 1.75 bits per heavy atom. The molecule has 1 fully saturated rings. The lowest BCUT2D eigenvalue weighted by atomic mass is 10.8. The summed E-state index contributed by atoms with van der Waals surface area (Å²) in [7, 11) is 0. The van der Waals surface area contributed by atoms with Crippen molar-refractivity contribution in [1.29, 1.82) is 0 Å². The number of alkyl halides is 2. The maximum atomic E-state index is 11.7.